The van der Waals surface area contributed by atoms with Crippen molar-refractivity contribution >= 4 is 6.03 Å². The number of hydrogen-bond donors (Lipinski definition) is 1. The number of carbonyl (C=O) groups is 1. The number of rotatable bonds is 1. The highest BCUT2D eigenvalue weighted by Crippen LogP contribution is 2.16. The molecule has 0 radical (unpaired) electrons. The van der Waals surface area contributed by atoms with Crippen molar-refractivity contribution in [1.29, 1.82) is 0 Å². The third kappa shape index (κ3) is 2.59. The van der Waals surface area contributed by atoms with Gasteiger partial charge in [-0.15, -0.1) is 0 Å². The van der Waals surface area contributed by atoms with Gasteiger partial charge in [-0.3, -0.25) is 0 Å². The third-order valence-electron chi connectivity index (χ3n) is 2.43. The molecule has 1 heterocycles. The van der Waals surface area contributed by atoms with Crippen LogP contribution in [0.1, 0.15) is 12.8 Å². The first-order valence-electron chi connectivity index (χ1n) is 4.72. The van der Waals surface area contributed by atoms with Crippen molar-refractivity contribution in [3.63, 3.8) is 0 Å². The second-order valence-electron chi connectivity index (χ2n) is 3.81. The lowest BCUT2D eigenvalue weighted by atomic mass is 9.99. The molecule has 0 unspecified atom stereocenters. The van der Waals surface area contributed by atoms with Crippen LogP contribution in [0.5, 0.6) is 0 Å². The molecule has 1 rings (SSSR count). The Balaban J connectivity index is 2.46. The predicted molar refractivity (Wildman–Crippen MR) is 50.5 cm³/mol. The van der Waals surface area contributed by atoms with Crippen molar-refractivity contribution in [2.24, 2.45) is 5.92 Å². The molecule has 0 spiro atoms. The molecule has 2 amide bonds. The van der Waals surface area contributed by atoms with Crippen LogP contribution in [0.4, 0.5) is 4.79 Å². The minimum atomic E-state index is 0.0538. The van der Waals surface area contributed by atoms with E-state index >= 15 is 0 Å². The zero-order valence-electron chi connectivity index (χ0n) is 8.36. The lowest BCUT2D eigenvalue weighted by Crippen LogP contribution is -2.45. The zero-order chi connectivity index (χ0) is 9.84. The van der Waals surface area contributed by atoms with Crippen LogP contribution in [0.2, 0.25) is 0 Å². The Kier molecular flexibility index (Phi) is 3.54. The molecule has 0 aromatic rings. The summed E-state index contributed by atoms with van der Waals surface area (Å²) in [6, 6.07) is 0.0538. The average molecular weight is 186 g/mol. The van der Waals surface area contributed by atoms with E-state index in [0.717, 1.165) is 19.4 Å². The number of piperidine rings is 1. The largest absolute Gasteiger partial charge is 0.396 e. The van der Waals surface area contributed by atoms with Crippen LogP contribution < -0.4 is 0 Å². The number of nitrogens with zero attached hydrogens (tertiary/aromatic N) is 2. The highest BCUT2D eigenvalue weighted by Gasteiger charge is 2.23. The molecule has 1 aliphatic rings. The molecule has 0 aromatic carbocycles. The molecule has 1 saturated heterocycles. The maximum absolute atomic E-state index is 11.5. The van der Waals surface area contributed by atoms with Gasteiger partial charge in [0.1, 0.15) is 0 Å². The van der Waals surface area contributed by atoms with Gasteiger partial charge >= 0.3 is 6.03 Å². The highest BCUT2D eigenvalue weighted by molar-refractivity contribution is 5.73. The van der Waals surface area contributed by atoms with Gasteiger partial charge in [0.05, 0.1) is 0 Å². The predicted octanol–water partition coefficient (Wildman–Crippen LogP) is 0.372. The lowest BCUT2D eigenvalue weighted by Gasteiger charge is -2.33. The fourth-order valence-electron chi connectivity index (χ4n) is 1.67. The Bertz CT molecular complexity index is 182. The van der Waals surface area contributed by atoms with E-state index in [-0.39, 0.29) is 18.6 Å². The van der Waals surface area contributed by atoms with Gasteiger partial charge in [0.25, 0.3) is 0 Å². The van der Waals surface area contributed by atoms with Crippen LogP contribution in [0.15, 0.2) is 0 Å². The number of aliphatic hydroxyl groups is 1. The van der Waals surface area contributed by atoms with Crippen LogP contribution in [0.3, 0.4) is 0 Å². The Labute approximate surface area is 79.1 Å². The van der Waals surface area contributed by atoms with Gasteiger partial charge in [0, 0.05) is 33.8 Å². The molecule has 4 nitrogen and oxygen atoms in total. The van der Waals surface area contributed by atoms with Crippen LogP contribution in [-0.4, -0.2) is 54.7 Å². The molecule has 1 fully saturated rings. The summed E-state index contributed by atoms with van der Waals surface area (Å²) >= 11 is 0. The lowest BCUT2D eigenvalue weighted by molar-refractivity contribution is 0.116. The summed E-state index contributed by atoms with van der Waals surface area (Å²) in [4.78, 5) is 14.9. The molecule has 76 valence electrons. The van der Waals surface area contributed by atoms with Gasteiger partial charge in [-0.1, -0.05) is 0 Å². The number of amides is 2. The highest BCUT2D eigenvalue weighted by atomic mass is 16.3. The minimum Gasteiger partial charge on any atom is -0.396 e. The second-order valence-corrected chi connectivity index (χ2v) is 3.81. The maximum Gasteiger partial charge on any atom is 0.319 e. The van der Waals surface area contributed by atoms with Gasteiger partial charge in [0.2, 0.25) is 0 Å². The van der Waals surface area contributed by atoms with E-state index in [9.17, 15) is 4.79 Å². The fraction of sp³-hybridized carbons (Fsp3) is 0.889. The number of hydrogen-bond acceptors (Lipinski definition) is 2. The van der Waals surface area contributed by atoms with E-state index in [1.54, 1.807) is 19.0 Å². The molecule has 1 atom stereocenters. The molecule has 0 bridgehead atoms. The Morgan fingerprint density at radius 2 is 2.31 bits per heavy atom. The fourth-order valence-corrected chi connectivity index (χ4v) is 1.67. The van der Waals surface area contributed by atoms with Gasteiger partial charge < -0.3 is 14.9 Å². The van der Waals surface area contributed by atoms with E-state index in [2.05, 4.69) is 0 Å². The van der Waals surface area contributed by atoms with Crippen molar-refractivity contribution in [1.82, 2.24) is 9.80 Å². The van der Waals surface area contributed by atoms with Gasteiger partial charge in [0.15, 0.2) is 0 Å². The van der Waals surface area contributed by atoms with Gasteiger partial charge in [-0.05, 0) is 18.8 Å². The van der Waals surface area contributed by atoms with E-state index in [1.807, 2.05) is 4.90 Å². The van der Waals surface area contributed by atoms with Crippen molar-refractivity contribution in [2.75, 3.05) is 33.8 Å². The van der Waals surface area contributed by atoms with E-state index in [1.165, 1.54) is 0 Å². The first kappa shape index (κ1) is 10.3. The molecular weight excluding hydrogens is 168 g/mol. The summed E-state index contributed by atoms with van der Waals surface area (Å²) in [6.07, 6.45) is 2.04. The van der Waals surface area contributed by atoms with Crippen LogP contribution in [-0.2, 0) is 0 Å². The molecular formula is C9H18N2O2. The van der Waals surface area contributed by atoms with Gasteiger partial charge in [-0.2, -0.15) is 0 Å². The average Bonchev–Trinajstić information content (AvgIpc) is 2.16. The van der Waals surface area contributed by atoms with Crippen LogP contribution in [0.25, 0.3) is 0 Å². The van der Waals surface area contributed by atoms with Crippen molar-refractivity contribution in [3.8, 4) is 0 Å². The molecule has 0 aliphatic carbocycles. The number of aliphatic hydroxyl groups excluding tert-OH is 1. The van der Waals surface area contributed by atoms with Crippen molar-refractivity contribution < 1.29 is 9.90 Å². The van der Waals surface area contributed by atoms with Crippen molar-refractivity contribution in [3.05, 3.63) is 0 Å². The Hall–Kier alpha value is -0.770. The quantitative estimate of drug-likeness (QED) is 0.643. The minimum absolute atomic E-state index is 0.0538. The summed E-state index contributed by atoms with van der Waals surface area (Å²) in [7, 11) is 3.51. The smallest absolute Gasteiger partial charge is 0.319 e. The SMILES string of the molecule is CN(C)C(=O)N1CCC[C@H](CO)C1. The Morgan fingerprint density at radius 3 is 2.85 bits per heavy atom. The topological polar surface area (TPSA) is 43.8 Å². The summed E-state index contributed by atoms with van der Waals surface area (Å²) in [6.45, 7) is 1.72. The number of urea groups is 1. The molecule has 0 aromatic heterocycles. The maximum atomic E-state index is 11.5. The summed E-state index contributed by atoms with van der Waals surface area (Å²) < 4.78 is 0. The number of likely N-dealkylation sites (tertiary alicyclic amines) is 1. The normalized spacial score (nSPS) is 23.0. The summed E-state index contributed by atoms with van der Waals surface area (Å²) in [5.41, 5.74) is 0. The molecule has 1 N–H and O–H groups in total. The molecule has 0 saturated carbocycles. The molecule has 4 heteroatoms. The van der Waals surface area contributed by atoms with Crippen LogP contribution >= 0.6 is 0 Å². The van der Waals surface area contributed by atoms with E-state index in [0.29, 0.717) is 6.54 Å². The Morgan fingerprint density at radius 1 is 1.62 bits per heavy atom. The van der Waals surface area contributed by atoms with E-state index in [4.69, 9.17) is 5.11 Å². The van der Waals surface area contributed by atoms with Gasteiger partial charge in [-0.25, -0.2) is 4.79 Å². The molecule has 13 heavy (non-hydrogen) atoms. The first-order chi connectivity index (χ1) is 6.15. The first-order valence-corrected chi connectivity index (χ1v) is 4.72. The molecule has 1 aliphatic heterocycles. The summed E-state index contributed by atoms with van der Waals surface area (Å²) in [5, 5.41) is 8.98. The van der Waals surface area contributed by atoms with Crippen molar-refractivity contribution in [2.45, 2.75) is 12.8 Å². The standard InChI is InChI=1S/C9H18N2O2/c1-10(2)9(13)11-5-3-4-8(6-11)7-12/h8,12H,3-7H2,1-2H3/t8-/m0/s1. The zero-order valence-corrected chi connectivity index (χ0v) is 8.36. The van der Waals surface area contributed by atoms with E-state index < -0.39 is 0 Å². The monoisotopic (exact) mass is 186 g/mol. The van der Waals surface area contributed by atoms with Crippen LogP contribution in [0, 0.1) is 5.92 Å². The summed E-state index contributed by atoms with van der Waals surface area (Å²) in [5.74, 6) is 0.276. The number of carbonyl (C=O) groups excluding carboxylic acids is 1. The second kappa shape index (κ2) is 4.46. The third-order valence-corrected chi connectivity index (χ3v) is 2.43.